The highest BCUT2D eigenvalue weighted by atomic mass is 32.2. The lowest BCUT2D eigenvalue weighted by atomic mass is 10.0. The largest absolute Gasteiger partial charge is 0.496 e. The fourth-order valence-corrected chi connectivity index (χ4v) is 4.30. The molecule has 1 amide bonds. The highest BCUT2D eigenvalue weighted by Gasteiger charge is 2.15. The van der Waals surface area contributed by atoms with E-state index < -0.39 is 9.84 Å². The second kappa shape index (κ2) is 7.69. The van der Waals surface area contributed by atoms with E-state index in [4.69, 9.17) is 4.74 Å². The molecule has 0 unspecified atom stereocenters. The highest BCUT2D eigenvalue weighted by Crippen LogP contribution is 2.28. The molecule has 9 heteroatoms. The van der Waals surface area contributed by atoms with E-state index in [0.717, 1.165) is 6.26 Å². The molecule has 0 spiro atoms. The molecule has 0 saturated heterocycles. The molecule has 0 bridgehead atoms. The number of ether oxygens (including phenoxy) is 1. The molecule has 146 valence electrons. The van der Waals surface area contributed by atoms with Crippen molar-refractivity contribution < 1.29 is 22.7 Å². The highest BCUT2D eigenvalue weighted by molar-refractivity contribution is 7.90. The molecule has 0 radical (unpaired) electrons. The molecule has 0 fully saturated rings. The van der Waals surface area contributed by atoms with Gasteiger partial charge in [-0.25, -0.2) is 13.4 Å². The summed E-state index contributed by atoms with van der Waals surface area (Å²) in [5.41, 5.74) is 1.69. The lowest BCUT2D eigenvalue weighted by molar-refractivity contribution is -0.115. The second-order valence-electron chi connectivity index (χ2n) is 6.23. The molecule has 0 aliphatic rings. The summed E-state index contributed by atoms with van der Waals surface area (Å²) in [4.78, 5) is 28.5. The SMILES string of the molecule is COc1ccc(C(C)=O)cc1CC(=O)Nc1nc2ccc(S(C)(=O)=O)cc2s1. The first-order valence-electron chi connectivity index (χ1n) is 8.25. The number of methoxy groups -OCH3 is 1. The molecule has 7 nitrogen and oxygen atoms in total. The molecular weight excluding hydrogens is 400 g/mol. The number of anilines is 1. The number of thiazole rings is 1. The number of hydrogen-bond acceptors (Lipinski definition) is 7. The summed E-state index contributed by atoms with van der Waals surface area (Å²) in [5.74, 6) is 0.0980. The standard InChI is InChI=1S/C19H18N2O5S2/c1-11(22)12-4-7-16(26-2)13(8-12)9-18(23)21-19-20-15-6-5-14(28(3,24)25)10-17(15)27-19/h4-8,10H,9H2,1-3H3,(H,20,21,23). The maximum absolute atomic E-state index is 12.5. The Morgan fingerprint density at radius 2 is 1.93 bits per heavy atom. The van der Waals surface area contributed by atoms with Gasteiger partial charge >= 0.3 is 0 Å². The van der Waals surface area contributed by atoms with Crippen LogP contribution >= 0.6 is 11.3 Å². The van der Waals surface area contributed by atoms with Crippen molar-refractivity contribution in [3.8, 4) is 5.75 Å². The average molecular weight is 418 g/mol. The fourth-order valence-electron chi connectivity index (χ4n) is 2.66. The first kappa shape index (κ1) is 20.0. The quantitative estimate of drug-likeness (QED) is 0.617. The number of carbonyl (C=O) groups excluding carboxylic acids is 2. The maximum atomic E-state index is 12.5. The number of aromatic nitrogens is 1. The normalized spacial score (nSPS) is 11.4. The molecule has 3 rings (SSSR count). The van der Waals surface area contributed by atoms with Gasteiger partial charge in [-0.2, -0.15) is 0 Å². The van der Waals surface area contributed by atoms with Crippen molar-refractivity contribution in [1.82, 2.24) is 4.98 Å². The van der Waals surface area contributed by atoms with E-state index >= 15 is 0 Å². The summed E-state index contributed by atoms with van der Waals surface area (Å²) in [6, 6.07) is 9.58. The predicted molar refractivity (Wildman–Crippen MR) is 108 cm³/mol. The number of hydrogen-bond donors (Lipinski definition) is 1. The van der Waals surface area contributed by atoms with E-state index in [0.29, 0.717) is 32.2 Å². The summed E-state index contributed by atoms with van der Waals surface area (Å²) in [6.45, 7) is 1.46. The van der Waals surface area contributed by atoms with Crippen LogP contribution in [0.1, 0.15) is 22.8 Å². The Bertz CT molecular complexity index is 1180. The van der Waals surface area contributed by atoms with Crippen LogP contribution in [-0.4, -0.2) is 38.5 Å². The van der Waals surface area contributed by atoms with Gasteiger partial charge in [0.25, 0.3) is 0 Å². The van der Waals surface area contributed by atoms with E-state index in [2.05, 4.69) is 10.3 Å². The Labute approximate surface area is 166 Å². The Kier molecular flexibility index (Phi) is 5.48. The van der Waals surface area contributed by atoms with E-state index in [1.165, 1.54) is 37.5 Å². The zero-order chi connectivity index (χ0) is 20.5. The van der Waals surface area contributed by atoms with Gasteiger partial charge in [0, 0.05) is 17.4 Å². The number of benzene rings is 2. The average Bonchev–Trinajstić information content (AvgIpc) is 3.01. The molecule has 2 aromatic carbocycles. The number of sulfone groups is 1. The number of nitrogens with one attached hydrogen (secondary N) is 1. The first-order valence-corrected chi connectivity index (χ1v) is 11.0. The van der Waals surface area contributed by atoms with E-state index in [1.807, 2.05) is 0 Å². The van der Waals surface area contributed by atoms with Crippen molar-refractivity contribution in [1.29, 1.82) is 0 Å². The van der Waals surface area contributed by atoms with Gasteiger partial charge in [-0.15, -0.1) is 0 Å². The molecule has 1 heterocycles. The van der Waals surface area contributed by atoms with Crippen LogP contribution in [0.3, 0.4) is 0 Å². The third-order valence-electron chi connectivity index (χ3n) is 4.07. The van der Waals surface area contributed by atoms with Gasteiger partial charge in [-0.3, -0.25) is 9.59 Å². The lowest BCUT2D eigenvalue weighted by Crippen LogP contribution is -2.15. The Morgan fingerprint density at radius 1 is 1.18 bits per heavy atom. The van der Waals surface area contributed by atoms with E-state index in [-0.39, 0.29) is 23.0 Å². The molecule has 0 saturated carbocycles. The van der Waals surface area contributed by atoms with Gasteiger partial charge in [0.15, 0.2) is 20.8 Å². The number of rotatable bonds is 6. The van der Waals surface area contributed by atoms with E-state index in [9.17, 15) is 18.0 Å². The van der Waals surface area contributed by atoms with Crippen LogP contribution in [-0.2, 0) is 21.1 Å². The molecule has 1 N–H and O–H groups in total. The number of fused-ring (bicyclic) bond motifs is 1. The van der Waals surface area contributed by atoms with Crippen LogP contribution < -0.4 is 10.1 Å². The summed E-state index contributed by atoms with van der Waals surface area (Å²) in [5, 5.41) is 3.08. The first-order chi connectivity index (χ1) is 13.2. The fraction of sp³-hybridized carbons (Fsp3) is 0.211. The van der Waals surface area contributed by atoms with Crippen LogP contribution in [0.2, 0.25) is 0 Å². The van der Waals surface area contributed by atoms with Gasteiger partial charge in [0.1, 0.15) is 5.75 Å². The zero-order valence-corrected chi connectivity index (χ0v) is 17.1. The number of ketones is 1. The van der Waals surface area contributed by atoms with E-state index in [1.54, 1.807) is 24.3 Å². The lowest BCUT2D eigenvalue weighted by Gasteiger charge is -2.09. The molecule has 0 atom stereocenters. The Balaban J connectivity index is 1.82. The maximum Gasteiger partial charge on any atom is 0.230 e. The van der Waals surface area contributed by atoms with Crippen molar-refractivity contribution in [3.05, 3.63) is 47.5 Å². The van der Waals surface area contributed by atoms with Gasteiger partial charge in [0.05, 0.1) is 28.6 Å². The molecule has 0 aliphatic carbocycles. The third kappa shape index (κ3) is 4.37. The monoisotopic (exact) mass is 418 g/mol. The van der Waals surface area contributed by atoms with Crippen molar-refractivity contribution >= 4 is 48.2 Å². The number of Topliss-reactive ketones (excluding diaryl/α,β-unsaturated/α-hetero) is 1. The van der Waals surface area contributed by atoms with Crippen LogP contribution in [0, 0.1) is 0 Å². The molecule has 28 heavy (non-hydrogen) atoms. The van der Waals surface area contributed by atoms with Gasteiger partial charge in [0.2, 0.25) is 5.91 Å². The van der Waals surface area contributed by atoms with Crippen molar-refractivity contribution in [2.75, 3.05) is 18.7 Å². The Morgan fingerprint density at radius 3 is 2.57 bits per heavy atom. The minimum atomic E-state index is -3.32. The third-order valence-corrected chi connectivity index (χ3v) is 6.12. The Hall–Kier alpha value is -2.78. The molecule has 1 aromatic heterocycles. The van der Waals surface area contributed by atoms with Gasteiger partial charge < -0.3 is 10.1 Å². The van der Waals surface area contributed by atoms with Crippen LogP contribution in [0.4, 0.5) is 5.13 Å². The number of amides is 1. The van der Waals surface area contributed by atoms with Crippen LogP contribution in [0.15, 0.2) is 41.3 Å². The minimum Gasteiger partial charge on any atom is -0.496 e. The smallest absolute Gasteiger partial charge is 0.230 e. The molecular formula is C19H18N2O5S2. The van der Waals surface area contributed by atoms with Crippen molar-refractivity contribution in [3.63, 3.8) is 0 Å². The zero-order valence-electron chi connectivity index (χ0n) is 15.5. The summed E-state index contributed by atoms with van der Waals surface area (Å²) in [7, 11) is -1.82. The number of carbonyl (C=O) groups is 2. The summed E-state index contributed by atoms with van der Waals surface area (Å²) in [6.07, 6.45) is 1.15. The van der Waals surface area contributed by atoms with Crippen molar-refractivity contribution in [2.45, 2.75) is 18.2 Å². The topological polar surface area (TPSA) is 102 Å². The molecule has 0 aliphatic heterocycles. The summed E-state index contributed by atoms with van der Waals surface area (Å²) < 4.78 is 29.3. The van der Waals surface area contributed by atoms with Gasteiger partial charge in [-0.05, 0) is 43.3 Å². The molecule has 3 aromatic rings. The van der Waals surface area contributed by atoms with Gasteiger partial charge in [-0.1, -0.05) is 11.3 Å². The minimum absolute atomic E-state index is 0.00874. The second-order valence-corrected chi connectivity index (χ2v) is 9.27. The number of nitrogens with zero attached hydrogens (tertiary/aromatic N) is 1. The van der Waals surface area contributed by atoms with Crippen LogP contribution in [0.25, 0.3) is 10.2 Å². The van der Waals surface area contributed by atoms with Crippen molar-refractivity contribution in [2.24, 2.45) is 0 Å². The van der Waals surface area contributed by atoms with Crippen LogP contribution in [0.5, 0.6) is 5.75 Å². The predicted octanol–water partition coefficient (Wildman–Crippen LogP) is 3.09. The summed E-state index contributed by atoms with van der Waals surface area (Å²) >= 11 is 1.19.